The molecule has 228 valence electrons. The first kappa shape index (κ1) is 35.3. The first-order chi connectivity index (χ1) is 19.6. The normalized spacial score (nSPS) is 22.8. The highest BCUT2D eigenvalue weighted by Gasteiger charge is 2.46. The van der Waals surface area contributed by atoms with Crippen molar-refractivity contribution in [2.75, 3.05) is 0 Å². The summed E-state index contributed by atoms with van der Waals surface area (Å²) in [6.07, 6.45) is 34.5. The van der Waals surface area contributed by atoms with E-state index in [-0.39, 0.29) is 5.41 Å². The van der Waals surface area contributed by atoms with Crippen LogP contribution in [0.15, 0.2) is 130 Å². The van der Waals surface area contributed by atoms with Crippen LogP contribution in [0.1, 0.15) is 101 Å². The molecular formula is C40H56O2. The molecular weight excluding hydrogens is 512 g/mol. The van der Waals surface area contributed by atoms with Gasteiger partial charge in [0.05, 0.1) is 0 Å². The minimum Gasteiger partial charge on any atom is -0.365 e. The SMILES string of the molecule is CC1=C(/C=C/C(C)=C/C=C/C(C)=C/C=C/C=C(C)/C=C/C=C(C)/C=C/C2=C(C)CCC(O)(O)C2(C)C)C(C)(C)CCC1. The highest BCUT2D eigenvalue weighted by molar-refractivity contribution is 5.40. The van der Waals surface area contributed by atoms with Crippen LogP contribution in [0.5, 0.6) is 0 Å². The summed E-state index contributed by atoms with van der Waals surface area (Å²) in [4.78, 5) is 0. The minimum absolute atomic E-state index is 0.275. The van der Waals surface area contributed by atoms with Crippen molar-refractivity contribution in [2.45, 2.75) is 107 Å². The Kier molecular flexibility index (Phi) is 13.0. The number of hydrogen-bond donors (Lipinski definition) is 2. The average Bonchev–Trinajstić information content (AvgIpc) is 2.88. The lowest BCUT2D eigenvalue weighted by Gasteiger charge is -2.44. The summed E-state index contributed by atoms with van der Waals surface area (Å²) in [6, 6.07) is 0. The van der Waals surface area contributed by atoms with Gasteiger partial charge in [-0.2, -0.15) is 0 Å². The van der Waals surface area contributed by atoms with Crippen molar-refractivity contribution in [1.82, 2.24) is 0 Å². The largest absolute Gasteiger partial charge is 0.365 e. The zero-order valence-electron chi connectivity index (χ0n) is 28.0. The smallest absolute Gasteiger partial charge is 0.172 e. The van der Waals surface area contributed by atoms with Gasteiger partial charge in [0.2, 0.25) is 0 Å². The summed E-state index contributed by atoms with van der Waals surface area (Å²) in [5, 5.41) is 20.9. The van der Waals surface area contributed by atoms with Gasteiger partial charge in [0.15, 0.2) is 5.79 Å². The standard InChI is InChI=1S/C40H56O2/c1-30(18-13-20-32(3)23-25-36-34(5)22-15-28-38(36,7)8)16-11-12-17-31(2)19-14-21-33(4)24-26-37-35(6)27-29-40(41,42)39(37,9)10/h11-14,16-21,23-26,41-42H,15,22,27-29H2,1-10H3/b12-11+,18-13+,19-14+,25-23+,26-24+,30-16+,31-17+,32-20+,33-21+. The molecule has 0 aromatic heterocycles. The third kappa shape index (κ3) is 10.4. The van der Waals surface area contributed by atoms with Gasteiger partial charge < -0.3 is 10.2 Å². The molecule has 0 saturated carbocycles. The fourth-order valence-corrected chi connectivity index (χ4v) is 5.69. The van der Waals surface area contributed by atoms with Crippen molar-refractivity contribution in [2.24, 2.45) is 10.8 Å². The van der Waals surface area contributed by atoms with Gasteiger partial charge in [-0.1, -0.05) is 146 Å². The predicted octanol–water partition coefficient (Wildman–Crippen LogP) is 10.9. The van der Waals surface area contributed by atoms with Gasteiger partial charge in [0, 0.05) is 11.8 Å². The summed E-state index contributed by atoms with van der Waals surface area (Å²) in [5.41, 5.74) is 9.55. The zero-order chi connectivity index (χ0) is 31.6. The van der Waals surface area contributed by atoms with E-state index < -0.39 is 11.2 Å². The second-order valence-electron chi connectivity index (χ2n) is 13.5. The molecule has 2 aliphatic carbocycles. The van der Waals surface area contributed by atoms with E-state index in [4.69, 9.17) is 0 Å². The monoisotopic (exact) mass is 568 g/mol. The molecule has 0 fully saturated rings. The minimum atomic E-state index is -1.68. The Bertz CT molecular complexity index is 1300. The Morgan fingerprint density at radius 3 is 1.50 bits per heavy atom. The van der Waals surface area contributed by atoms with Crippen molar-refractivity contribution in [1.29, 1.82) is 0 Å². The second-order valence-corrected chi connectivity index (χ2v) is 13.5. The lowest BCUT2D eigenvalue weighted by molar-refractivity contribution is -0.228. The van der Waals surface area contributed by atoms with Gasteiger partial charge >= 0.3 is 0 Å². The number of hydrogen-bond acceptors (Lipinski definition) is 2. The van der Waals surface area contributed by atoms with E-state index in [1.165, 1.54) is 47.1 Å². The fraction of sp³-hybridized carbons (Fsp3) is 0.450. The highest BCUT2D eigenvalue weighted by Crippen LogP contribution is 2.46. The van der Waals surface area contributed by atoms with Crippen molar-refractivity contribution >= 4 is 0 Å². The predicted molar refractivity (Wildman–Crippen MR) is 184 cm³/mol. The van der Waals surface area contributed by atoms with E-state index in [1.54, 1.807) is 0 Å². The van der Waals surface area contributed by atoms with E-state index in [1.807, 2.05) is 19.9 Å². The van der Waals surface area contributed by atoms with E-state index >= 15 is 0 Å². The molecule has 0 aliphatic heterocycles. The van der Waals surface area contributed by atoms with Gasteiger partial charge in [0.1, 0.15) is 0 Å². The van der Waals surface area contributed by atoms with Crippen molar-refractivity contribution in [3.63, 3.8) is 0 Å². The van der Waals surface area contributed by atoms with Crippen LogP contribution < -0.4 is 0 Å². The van der Waals surface area contributed by atoms with Crippen LogP contribution in [0.2, 0.25) is 0 Å². The van der Waals surface area contributed by atoms with Gasteiger partial charge in [-0.05, 0) is 83.8 Å². The molecule has 0 spiro atoms. The highest BCUT2D eigenvalue weighted by atomic mass is 16.5. The van der Waals surface area contributed by atoms with Crippen molar-refractivity contribution in [3.8, 4) is 0 Å². The molecule has 0 atom stereocenters. The Labute approximate surface area is 257 Å². The van der Waals surface area contributed by atoms with Gasteiger partial charge in [-0.15, -0.1) is 0 Å². The Hall–Kier alpha value is -2.94. The molecule has 0 heterocycles. The molecule has 0 aromatic rings. The number of allylic oxidation sites excluding steroid dienone is 21. The van der Waals surface area contributed by atoms with Crippen molar-refractivity contribution < 1.29 is 10.2 Å². The summed E-state index contributed by atoms with van der Waals surface area (Å²) in [7, 11) is 0. The molecule has 0 unspecified atom stereocenters. The lowest BCUT2D eigenvalue weighted by atomic mass is 9.68. The third-order valence-electron chi connectivity index (χ3n) is 8.82. The molecule has 0 radical (unpaired) electrons. The molecule has 2 aliphatic rings. The maximum absolute atomic E-state index is 10.4. The summed E-state index contributed by atoms with van der Waals surface area (Å²) < 4.78 is 0. The van der Waals surface area contributed by atoms with E-state index in [0.29, 0.717) is 12.8 Å². The molecule has 0 saturated heterocycles. The third-order valence-corrected chi connectivity index (χ3v) is 8.82. The number of rotatable bonds is 10. The average molecular weight is 569 g/mol. The van der Waals surface area contributed by atoms with Crippen LogP contribution in [0.4, 0.5) is 0 Å². The summed E-state index contributed by atoms with van der Waals surface area (Å²) in [6.45, 7) is 21.3. The lowest BCUT2D eigenvalue weighted by Crippen LogP contribution is -2.48. The Balaban J connectivity index is 1.92. The molecule has 2 rings (SSSR count). The van der Waals surface area contributed by atoms with E-state index in [0.717, 1.165) is 16.7 Å². The number of aliphatic hydroxyl groups is 2. The molecule has 2 N–H and O–H groups in total. The van der Waals surface area contributed by atoms with Gasteiger partial charge in [0.25, 0.3) is 0 Å². The second kappa shape index (κ2) is 15.5. The van der Waals surface area contributed by atoms with Crippen LogP contribution in [-0.4, -0.2) is 16.0 Å². The Morgan fingerprint density at radius 2 is 1.00 bits per heavy atom. The summed E-state index contributed by atoms with van der Waals surface area (Å²) >= 11 is 0. The zero-order valence-corrected chi connectivity index (χ0v) is 28.0. The molecule has 0 amide bonds. The van der Waals surface area contributed by atoms with Crippen LogP contribution in [-0.2, 0) is 0 Å². The maximum atomic E-state index is 10.4. The van der Waals surface area contributed by atoms with Gasteiger partial charge in [-0.3, -0.25) is 0 Å². The Morgan fingerprint density at radius 1 is 0.571 bits per heavy atom. The molecule has 42 heavy (non-hydrogen) atoms. The van der Waals surface area contributed by atoms with Crippen LogP contribution >= 0.6 is 0 Å². The van der Waals surface area contributed by atoms with E-state index in [2.05, 4.69) is 134 Å². The molecule has 2 nitrogen and oxygen atoms in total. The first-order valence-electron chi connectivity index (χ1n) is 15.5. The fourth-order valence-electron chi connectivity index (χ4n) is 5.69. The summed E-state index contributed by atoms with van der Waals surface area (Å²) in [5.74, 6) is -1.68. The molecule has 0 aromatic carbocycles. The van der Waals surface area contributed by atoms with Gasteiger partial charge in [-0.25, -0.2) is 0 Å². The first-order valence-corrected chi connectivity index (χ1v) is 15.5. The molecule has 0 bridgehead atoms. The quantitative estimate of drug-likeness (QED) is 0.203. The van der Waals surface area contributed by atoms with Crippen LogP contribution in [0.25, 0.3) is 0 Å². The topological polar surface area (TPSA) is 40.5 Å². The maximum Gasteiger partial charge on any atom is 0.172 e. The van der Waals surface area contributed by atoms with Crippen LogP contribution in [0.3, 0.4) is 0 Å². The van der Waals surface area contributed by atoms with Crippen LogP contribution in [0, 0.1) is 10.8 Å². The molecule has 2 heteroatoms. The van der Waals surface area contributed by atoms with Crippen molar-refractivity contribution in [3.05, 3.63) is 130 Å². The van der Waals surface area contributed by atoms with E-state index in [9.17, 15) is 10.2 Å².